The van der Waals surface area contributed by atoms with Crippen LogP contribution in [0.15, 0.2) is 78.4 Å². The SMILES string of the molecule is Cc1ccccc1COc1ccc(C(O)=C2C(=O)C(=O)N(CCCN3CCOCC3)C2c2ccc(Cl)cc2)cc1. The molecule has 2 aliphatic rings. The normalized spacial score (nSPS) is 19.2. The van der Waals surface area contributed by atoms with Crippen LogP contribution in [0.5, 0.6) is 5.75 Å². The van der Waals surface area contributed by atoms with Crippen molar-refractivity contribution in [3.63, 3.8) is 0 Å². The van der Waals surface area contributed by atoms with Crippen LogP contribution < -0.4 is 4.74 Å². The van der Waals surface area contributed by atoms with Gasteiger partial charge in [-0.1, -0.05) is 48.0 Å². The van der Waals surface area contributed by atoms with Crippen molar-refractivity contribution in [2.45, 2.75) is 26.0 Å². The number of likely N-dealkylation sites (tertiary alicyclic amines) is 1. The van der Waals surface area contributed by atoms with E-state index in [-0.39, 0.29) is 11.3 Å². The Morgan fingerprint density at radius 1 is 0.975 bits per heavy atom. The summed E-state index contributed by atoms with van der Waals surface area (Å²) in [7, 11) is 0. The van der Waals surface area contributed by atoms with Crippen LogP contribution in [0.4, 0.5) is 0 Å². The Hall–Kier alpha value is -3.65. The Kier molecular flexibility index (Phi) is 8.85. The van der Waals surface area contributed by atoms with Gasteiger partial charge in [0.05, 0.1) is 24.8 Å². The third-order valence-corrected chi connectivity index (χ3v) is 7.74. The Balaban J connectivity index is 1.38. The fraction of sp³-hybridized carbons (Fsp3) is 0.312. The first-order valence-corrected chi connectivity index (χ1v) is 13.9. The summed E-state index contributed by atoms with van der Waals surface area (Å²) in [6, 6.07) is 21.3. The van der Waals surface area contributed by atoms with Gasteiger partial charge in [0.15, 0.2) is 0 Å². The number of amides is 1. The lowest BCUT2D eigenvalue weighted by molar-refractivity contribution is -0.140. The van der Waals surface area contributed by atoms with Gasteiger partial charge >= 0.3 is 0 Å². The van der Waals surface area contributed by atoms with Crippen LogP contribution in [0.25, 0.3) is 5.76 Å². The minimum absolute atomic E-state index is 0.0762. The molecule has 2 heterocycles. The predicted molar refractivity (Wildman–Crippen MR) is 154 cm³/mol. The number of aliphatic hydroxyl groups is 1. The van der Waals surface area contributed by atoms with E-state index in [4.69, 9.17) is 21.1 Å². The lowest BCUT2D eigenvalue weighted by atomic mass is 9.95. The van der Waals surface area contributed by atoms with E-state index in [2.05, 4.69) is 4.90 Å². The molecule has 3 aromatic carbocycles. The van der Waals surface area contributed by atoms with E-state index in [9.17, 15) is 14.7 Å². The van der Waals surface area contributed by atoms with Crippen molar-refractivity contribution >= 4 is 29.1 Å². The van der Waals surface area contributed by atoms with E-state index in [1.807, 2.05) is 31.2 Å². The van der Waals surface area contributed by atoms with Crippen molar-refractivity contribution in [2.75, 3.05) is 39.4 Å². The highest BCUT2D eigenvalue weighted by atomic mass is 35.5. The molecule has 0 aliphatic carbocycles. The number of benzene rings is 3. The molecule has 2 saturated heterocycles. The van der Waals surface area contributed by atoms with Crippen molar-refractivity contribution in [1.82, 2.24) is 9.80 Å². The van der Waals surface area contributed by atoms with Gasteiger partial charge in [-0.2, -0.15) is 0 Å². The number of ketones is 1. The third kappa shape index (κ3) is 6.22. The molecule has 3 aromatic rings. The van der Waals surface area contributed by atoms with Crippen molar-refractivity contribution in [3.05, 3.63) is 106 Å². The fourth-order valence-corrected chi connectivity index (χ4v) is 5.32. The highest BCUT2D eigenvalue weighted by molar-refractivity contribution is 6.46. The molecule has 0 radical (unpaired) electrons. The number of carbonyl (C=O) groups is 2. The molecule has 8 heteroatoms. The van der Waals surface area contributed by atoms with E-state index >= 15 is 0 Å². The van der Waals surface area contributed by atoms with Gasteiger partial charge in [-0.3, -0.25) is 14.5 Å². The molecular formula is C32H33ClN2O5. The Morgan fingerprint density at radius 2 is 1.68 bits per heavy atom. The van der Waals surface area contributed by atoms with Crippen LogP contribution in [-0.4, -0.2) is 66.0 Å². The lowest BCUT2D eigenvalue weighted by Gasteiger charge is -2.29. The Morgan fingerprint density at radius 3 is 2.38 bits per heavy atom. The largest absolute Gasteiger partial charge is 0.507 e. The molecule has 2 fully saturated rings. The smallest absolute Gasteiger partial charge is 0.295 e. The number of hydrogen-bond donors (Lipinski definition) is 1. The fourth-order valence-electron chi connectivity index (χ4n) is 5.19. The molecule has 208 valence electrons. The van der Waals surface area contributed by atoms with E-state index in [1.54, 1.807) is 53.4 Å². The first-order valence-electron chi connectivity index (χ1n) is 13.5. The molecule has 1 amide bonds. The number of ether oxygens (including phenoxy) is 2. The Labute approximate surface area is 239 Å². The summed E-state index contributed by atoms with van der Waals surface area (Å²) in [6.07, 6.45) is 0.698. The standard InChI is InChI=1S/C32H33ClN2O5/c1-22-5-2-3-6-25(22)21-40-27-13-9-24(10-14-27)30(36)28-29(23-7-11-26(33)12-8-23)35(32(38)31(28)37)16-4-15-34-17-19-39-20-18-34/h2-3,5-14,29,36H,4,15-21H2,1H3. The number of aryl methyl sites for hydroxylation is 1. The van der Waals surface area contributed by atoms with E-state index in [0.29, 0.717) is 49.1 Å². The zero-order chi connectivity index (χ0) is 28.1. The van der Waals surface area contributed by atoms with Gasteiger partial charge in [0.25, 0.3) is 11.7 Å². The van der Waals surface area contributed by atoms with Crippen LogP contribution >= 0.6 is 11.6 Å². The number of hydrogen-bond acceptors (Lipinski definition) is 6. The van der Waals surface area contributed by atoms with Crippen LogP contribution in [0.1, 0.15) is 34.7 Å². The number of nitrogens with zero attached hydrogens (tertiary/aromatic N) is 2. The highest BCUT2D eigenvalue weighted by Gasteiger charge is 2.45. The van der Waals surface area contributed by atoms with Crippen LogP contribution in [0, 0.1) is 6.92 Å². The molecule has 0 saturated carbocycles. The maximum Gasteiger partial charge on any atom is 0.295 e. The predicted octanol–water partition coefficient (Wildman–Crippen LogP) is 5.37. The monoisotopic (exact) mass is 560 g/mol. The van der Waals surface area contributed by atoms with Gasteiger partial charge in [-0.25, -0.2) is 0 Å². The molecule has 1 unspecified atom stereocenters. The van der Waals surface area contributed by atoms with Crippen molar-refractivity contribution < 1.29 is 24.2 Å². The maximum absolute atomic E-state index is 13.3. The van der Waals surface area contributed by atoms with E-state index in [1.165, 1.54) is 0 Å². The van der Waals surface area contributed by atoms with Crippen LogP contribution in [0.3, 0.4) is 0 Å². The van der Waals surface area contributed by atoms with Crippen molar-refractivity contribution in [3.8, 4) is 5.75 Å². The number of Topliss-reactive ketones (excluding diaryl/α,β-unsaturated/α-hetero) is 1. The van der Waals surface area contributed by atoms with Gasteiger partial charge in [0.1, 0.15) is 18.1 Å². The molecular weight excluding hydrogens is 528 g/mol. The minimum atomic E-state index is -0.709. The first-order chi connectivity index (χ1) is 19.4. The molecule has 7 nitrogen and oxygen atoms in total. The second-order valence-corrected chi connectivity index (χ2v) is 10.5. The van der Waals surface area contributed by atoms with Gasteiger partial charge in [-0.15, -0.1) is 0 Å². The van der Waals surface area contributed by atoms with Crippen molar-refractivity contribution in [1.29, 1.82) is 0 Å². The van der Waals surface area contributed by atoms with Gasteiger partial charge in [0, 0.05) is 36.8 Å². The van der Waals surface area contributed by atoms with Crippen LogP contribution in [0.2, 0.25) is 5.02 Å². The van der Waals surface area contributed by atoms with E-state index in [0.717, 1.165) is 36.3 Å². The Bertz CT molecular complexity index is 1380. The lowest BCUT2D eigenvalue weighted by Crippen LogP contribution is -2.38. The quantitative estimate of drug-likeness (QED) is 0.215. The summed E-state index contributed by atoms with van der Waals surface area (Å²) in [6.45, 7) is 6.74. The summed E-state index contributed by atoms with van der Waals surface area (Å²) >= 11 is 6.13. The third-order valence-electron chi connectivity index (χ3n) is 7.49. The number of aliphatic hydroxyl groups excluding tert-OH is 1. The zero-order valence-electron chi connectivity index (χ0n) is 22.5. The average Bonchev–Trinajstić information content (AvgIpc) is 3.23. The summed E-state index contributed by atoms with van der Waals surface area (Å²) < 4.78 is 11.4. The molecule has 0 bridgehead atoms. The highest BCUT2D eigenvalue weighted by Crippen LogP contribution is 2.40. The second-order valence-electron chi connectivity index (χ2n) is 10.1. The molecule has 1 N–H and O–H groups in total. The summed E-state index contributed by atoms with van der Waals surface area (Å²) in [5.41, 5.74) is 3.47. The molecule has 5 rings (SSSR count). The van der Waals surface area contributed by atoms with Gasteiger partial charge < -0.3 is 19.5 Å². The van der Waals surface area contributed by atoms with Gasteiger partial charge in [-0.05, 0) is 66.4 Å². The maximum atomic E-state index is 13.3. The van der Waals surface area contributed by atoms with E-state index < -0.39 is 17.7 Å². The van der Waals surface area contributed by atoms with Crippen LogP contribution in [-0.2, 0) is 20.9 Å². The number of morpholine rings is 1. The van der Waals surface area contributed by atoms with Crippen molar-refractivity contribution in [2.24, 2.45) is 0 Å². The summed E-state index contributed by atoms with van der Waals surface area (Å²) in [5, 5.41) is 11.9. The molecule has 2 aliphatic heterocycles. The minimum Gasteiger partial charge on any atom is -0.507 e. The topological polar surface area (TPSA) is 79.3 Å². The van der Waals surface area contributed by atoms with Gasteiger partial charge in [0.2, 0.25) is 0 Å². The first kappa shape index (κ1) is 27.9. The number of carbonyl (C=O) groups excluding carboxylic acids is 2. The average molecular weight is 561 g/mol. The summed E-state index contributed by atoms with van der Waals surface area (Å²) in [4.78, 5) is 30.4. The summed E-state index contributed by atoms with van der Waals surface area (Å²) in [5.74, 6) is -0.873. The molecule has 0 aromatic heterocycles. The molecule has 40 heavy (non-hydrogen) atoms. The molecule has 1 atom stereocenters. The zero-order valence-corrected chi connectivity index (χ0v) is 23.3. The molecule has 0 spiro atoms. The number of rotatable bonds is 9. The second kappa shape index (κ2) is 12.7. The number of halogens is 1.